The molecule has 108 valence electrons. The monoisotopic (exact) mass is 270 g/mol. The summed E-state index contributed by atoms with van der Waals surface area (Å²) in [6.45, 7) is 5.15. The van der Waals surface area contributed by atoms with Gasteiger partial charge in [0.05, 0.1) is 12.5 Å². The number of amides is 2. The van der Waals surface area contributed by atoms with Crippen LogP contribution in [0.4, 0.5) is 4.79 Å². The Morgan fingerprint density at radius 1 is 1.26 bits per heavy atom. The highest BCUT2D eigenvalue weighted by Crippen LogP contribution is 2.18. The SMILES string of the molecule is CCOC(=O)C1CCN(C(=O)NCCC(C)=O)CC1. The first-order chi connectivity index (χ1) is 9.04. The standard InChI is InChI=1S/C13H22N2O4/c1-3-19-12(17)11-5-8-15(9-6-11)13(18)14-7-4-10(2)16/h11H,3-9H2,1-2H3,(H,14,18). The Kier molecular flexibility index (Phi) is 6.32. The maximum Gasteiger partial charge on any atom is 0.317 e. The van der Waals surface area contributed by atoms with Crippen LogP contribution in [0.5, 0.6) is 0 Å². The molecule has 0 aromatic rings. The van der Waals surface area contributed by atoms with E-state index < -0.39 is 0 Å². The van der Waals surface area contributed by atoms with Crippen LogP contribution < -0.4 is 5.32 Å². The van der Waals surface area contributed by atoms with Gasteiger partial charge in [0.15, 0.2) is 0 Å². The minimum Gasteiger partial charge on any atom is -0.466 e. The molecule has 2 amide bonds. The first-order valence-corrected chi connectivity index (χ1v) is 6.73. The van der Waals surface area contributed by atoms with E-state index in [4.69, 9.17) is 4.74 Å². The Labute approximate surface area is 113 Å². The molecular weight excluding hydrogens is 248 g/mol. The van der Waals surface area contributed by atoms with E-state index in [2.05, 4.69) is 5.32 Å². The van der Waals surface area contributed by atoms with Gasteiger partial charge in [0.2, 0.25) is 0 Å². The number of esters is 1. The maximum atomic E-state index is 11.8. The van der Waals surface area contributed by atoms with Crippen molar-refractivity contribution in [2.75, 3.05) is 26.2 Å². The summed E-state index contributed by atoms with van der Waals surface area (Å²) in [6, 6.07) is -0.163. The molecule has 0 bridgehead atoms. The molecule has 0 unspecified atom stereocenters. The average molecular weight is 270 g/mol. The number of ether oxygens (including phenoxy) is 1. The average Bonchev–Trinajstić information content (AvgIpc) is 2.38. The summed E-state index contributed by atoms with van der Waals surface area (Å²) in [5.74, 6) is -0.207. The Morgan fingerprint density at radius 2 is 1.89 bits per heavy atom. The lowest BCUT2D eigenvalue weighted by Crippen LogP contribution is -2.46. The van der Waals surface area contributed by atoms with Gasteiger partial charge in [-0.1, -0.05) is 0 Å². The van der Waals surface area contributed by atoms with Crippen molar-refractivity contribution >= 4 is 17.8 Å². The molecule has 1 N–H and O–H groups in total. The van der Waals surface area contributed by atoms with Crippen LogP contribution in [0.15, 0.2) is 0 Å². The second kappa shape index (κ2) is 7.76. The van der Waals surface area contributed by atoms with Crippen LogP contribution in [-0.4, -0.2) is 48.9 Å². The van der Waals surface area contributed by atoms with E-state index in [1.165, 1.54) is 6.92 Å². The number of ketones is 1. The van der Waals surface area contributed by atoms with Gasteiger partial charge >= 0.3 is 12.0 Å². The zero-order chi connectivity index (χ0) is 14.3. The maximum absolute atomic E-state index is 11.8. The van der Waals surface area contributed by atoms with E-state index in [-0.39, 0.29) is 23.7 Å². The molecule has 0 aliphatic carbocycles. The molecule has 0 aromatic heterocycles. The molecule has 6 nitrogen and oxygen atoms in total. The van der Waals surface area contributed by atoms with Crippen LogP contribution in [0.2, 0.25) is 0 Å². The number of carbonyl (C=O) groups is 3. The molecule has 1 fully saturated rings. The molecule has 1 aliphatic rings. The lowest BCUT2D eigenvalue weighted by atomic mass is 9.97. The Balaban J connectivity index is 2.27. The van der Waals surface area contributed by atoms with E-state index in [1.54, 1.807) is 11.8 Å². The number of Topliss-reactive ketones (excluding diaryl/α,β-unsaturated/α-hetero) is 1. The zero-order valence-electron chi connectivity index (χ0n) is 11.6. The van der Waals surface area contributed by atoms with Gasteiger partial charge in [0.1, 0.15) is 5.78 Å². The fraction of sp³-hybridized carbons (Fsp3) is 0.769. The molecule has 0 saturated carbocycles. The third-order valence-electron chi connectivity index (χ3n) is 3.16. The minimum atomic E-state index is -0.167. The van der Waals surface area contributed by atoms with Gasteiger partial charge in [-0.3, -0.25) is 9.59 Å². The number of carbonyl (C=O) groups excluding carboxylic acids is 3. The van der Waals surface area contributed by atoms with Crippen molar-refractivity contribution in [2.24, 2.45) is 5.92 Å². The highest BCUT2D eigenvalue weighted by molar-refractivity contribution is 5.78. The number of hydrogen-bond acceptors (Lipinski definition) is 4. The highest BCUT2D eigenvalue weighted by atomic mass is 16.5. The molecule has 0 aromatic carbocycles. The van der Waals surface area contributed by atoms with Crippen LogP contribution in [0, 0.1) is 5.92 Å². The Morgan fingerprint density at radius 3 is 2.42 bits per heavy atom. The molecule has 1 rings (SSSR count). The Hall–Kier alpha value is -1.59. The summed E-state index contributed by atoms with van der Waals surface area (Å²) in [4.78, 5) is 35.8. The number of nitrogens with one attached hydrogen (secondary N) is 1. The van der Waals surface area contributed by atoms with Gasteiger partial charge in [0.25, 0.3) is 0 Å². The summed E-state index contributed by atoms with van der Waals surface area (Å²) >= 11 is 0. The van der Waals surface area contributed by atoms with Crippen LogP contribution in [0.25, 0.3) is 0 Å². The summed E-state index contributed by atoms with van der Waals surface area (Å²) in [7, 11) is 0. The van der Waals surface area contributed by atoms with E-state index in [0.29, 0.717) is 45.5 Å². The first kappa shape index (κ1) is 15.5. The van der Waals surface area contributed by atoms with Crippen molar-refractivity contribution in [3.63, 3.8) is 0 Å². The summed E-state index contributed by atoms with van der Waals surface area (Å²) in [5.41, 5.74) is 0. The number of hydrogen-bond donors (Lipinski definition) is 1. The number of piperidine rings is 1. The van der Waals surface area contributed by atoms with E-state index in [1.807, 2.05) is 0 Å². The van der Waals surface area contributed by atoms with Crippen molar-refractivity contribution in [2.45, 2.75) is 33.1 Å². The summed E-state index contributed by atoms with van der Waals surface area (Å²) < 4.78 is 4.97. The van der Waals surface area contributed by atoms with Crippen molar-refractivity contribution < 1.29 is 19.1 Å². The topological polar surface area (TPSA) is 75.7 Å². The highest BCUT2D eigenvalue weighted by Gasteiger charge is 2.27. The van der Waals surface area contributed by atoms with Gasteiger partial charge < -0.3 is 15.0 Å². The smallest absolute Gasteiger partial charge is 0.317 e. The summed E-state index contributed by atoms with van der Waals surface area (Å²) in [5, 5.41) is 2.70. The van der Waals surface area contributed by atoms with Gasteiger partial charge in [-0.2, -0.15) is 0 Å². The van der Waals surface area contributed by atoms with Gasteiger partial charge in [-0.25, -0.2) is 4.79 Å². The molecule has 0 spiro atoms. The van der Waals surface area contributed by atoms with Crippen molar-refractivity contribution in [1.29, 1.82) is 0 Å². The Bertz CT molecular complexity index is 336. The van der Waals surface area contributed by atoms with Crippen molar-refractivity contribution in [3.05, 3.63) is 0 Å². The van der Waals surface area contributed by atoms with Crippen LogP contribution in [0.3, 0.4) is 0 Å². The molecule has 6 heteroatoms. The van der Waals surface area contributed by atoms with Crippen molar-refractivity contribution in [3.8, 4) is 0 Å². The number of urea groups is 1. The predicted octanol–water partition coefficient (Wildman–Crippen LogP) is 0.950. The van der Waals surface area contributed by atoms with E-state index in [9.17, 15) is 14.4 Å². The quantitative estimate of drug-likeness (QED) is 0.755. The van der Waals surface area contributed by atoms with Crippen LogP contribution in [-0.2, 0) is 14.3 Å². The third-order valence-corrected chi connectivity index (χ3v) is 3.16. The van der Waals surface area contributed by atoms with Gasteiger partial charge in [-0.15, -0.1) is 0 Å². The molecule has 19 heavy (non-hydrogen) atoms. The van der Waals surface area contributed by atoms with Gasteiger partial charge in [-0.05, 0) is 26.7 Å². The summed E-state index contributed by atoms with van der Waals surface area (Å²) in [6.07, 6.45) is 1.63. The van der Waals surface area contributed by atoms with Crippen LogP contribution in [0.1, 0.15) is 33.1 Å². The van der Waals surface area contributed by atoms with Gasteiger partial charge in [0, 0.05) is 26.1 Å². The minimum absolute atomic E-state index is 0.0568. The molecule has 1 heterocycles. The number of rotatable bonds is 5. The zero-order valence-corrected chi connectivity index (χ0v) is 11.6. The molecular formula is C13H22N2O4. The number of likely N-dealkylation sites (tertiary alicyclic amines) is 1. The lowest BCUT2D eigenvalue weighted by molar-refractivity contribution is -0.149. The molecule has 1 saturated heterocycles. The molecule has 0 radical (unpaired) electrons. The fourth-order valence-electron chi connectivity index (χ4n) is 2.04. The second-order valence-corrected chi connectivity index (χ2v) is 4.70. The third kappa shape index (κ3) is 5.28. The molecule has 0 atom stereocenters. The lowest BCUT2D eigenvalue weighted by Gasteiger charge is -2.30. The normalized spacial score (nSPS) is 16.0. The number of nitrogens with zero attached hydrogens (tertiary/aromatic N) is 1. The largest absolute Gasteiger partial charge is 0.466 e. The van der Waals surface area contributed by atoms with Crippen LogP contribution >= 0.6 is 0 Å². The van der Waals surface area contributed by atoms with E-state index in [0.717, 1.165) is 0 Å². The fourth-order valence-corrected chi connectivity index (χ4v) is 2.04. The molecule has 1 aliphatic heterocycles. The van der Waals surface area contributed by atoms with E-state index >= 15 is 0 Å². The second-order valence-electron chi connectivity index (χ2n) is 4.70. The first-order valence-electron chi connectivity index (χ1n) is 6.73. The van der Waals surface area contributed by atoms with Crippen molar-refractivity contribution in [1.82, 2.24) is 10.2 Å². The predicted molar refractivity (Wildman–Crippen MR) is 69.6 cm³/mol.